The molecule has 0 spiro atoms. The zero-order valence-electron chi connectivity index (χ0n) is 5.57. The van der Waals surface area contributed by atoms with Gasteiger partial charge in [0.15, 0.2) is 0 Å². The van der Waals surface area contributed by atoms with Crippen LogP contribution in [0.5, 0.6) is 0 Å². The molecule has 7 heteroatoms. The lowest BCUT2D eigenvalue weighted by Gasteiger charge is -2.01. The fraction of sp³-hybridized carbons (Fsp3) is 0.667. The Kier molecular flexibility index (Phi) is 3.35. The van der Waals surface area contributed by atoms with Crippen LogP contribution in [0.4, 0.5) is 0 Å². The number of hydrogen-bond donors (Lipinski definition) is 0. The molecule has 58 valence electrons. The topological polar surface area (TPSA) is 76.4 Å². The Morgan fingerprint density at radius 2 is 2.00 bits per heavy atom. The normalized spacial score (nSPS) is 11.0. The monoisotopic (exact) mass is 181 g/mol. The Morgan fingerprint density at radius 3 is 2.30 bits per heavy atom. The van der Waals surface area contributed by atoms with Gasteiger partial charge in [-0.05, 0) is 13.1 Å². The largest absolute Gasteiger partial charge is 0.448 e. The summed E-state index contributed by atoms with van der Waals surface area (Å²) in [5.41, 5.74) is 0. The smallest absolute Gasteiger partial charge is 0.288 e. The molecule has 0 atom stereocenters. The molecule has 0 heterocycles. The van der Waals surface area contributed by atoms with E-state index < -0.39 is 19.4 Å². The molecule has 0 aliphatic carbocycles. The third-order valence-electron chi connectivity index (χ3n) is 0.450. The van der Waals surface area contributed by atoms with E-state index in [2.05, 4.69) is 8.06 Å². The fourth-order valence-electron chi connectivity index (χ4n) is 0.301. The van der Waals surface area contributed by atoms with Crippen molar-refractivity contribution in [3.05, 3.63) is 0 Å². The minimum Gasteiger partial charge on any atom is -0.288 e. The van der Waals surface area contributed by atoms with Crippen molar-refractivity contribution in [2.75, 3.05) is 0 Å². The van der Waals surface area contributed by atoms with Gasteiger partial charge in [-0.3, -0.25) is 8.06 Å². The van der Waals surface area contributed by atoms with Crippen LogP contribution in [0.3, 0.4) is 0 Å². The maximum Gasteiger partial charge on any atom is 0.448 e. The fourth-order valence-corrected chi connectivity index (χ4v) is 2.44. The van der Waals surface area contributed by atoms with Crippen molar-refractivity contribution in [2.24, 2.45) is 0 Å². The van der Waals surface area contributed by atoms with E-state index in [-0.39, 0.29) is 0 Å². The van der Waals surface area contributed by atoms with E-state index in [0.717, 1.165) is 6.26 Å². The molecule has 0 fully saturated rings. The van der Waals surface area contributed by atoms with Gasteiger partial charge >= 0.3 is 16.7 Å². The summed E-state index contributed by atoms with van der Waals surface area (Å²) < 4.78 is 28.8. The molecule has 0 aromatic heterocycles. The van der Waals surface area contributed by atoms with E-state index in [1.54, 1.807) is 13.1 Å². The SMILES string of the molecule is C[SiH](C)OS(=O)(=O)OC#N. The highest BCUT2D eigenvalue weighted by Crippen LogP contribution is 1.96. The second-order valence-electron chi connectivity index (χ2n) is 1.73. The predicted octanol–water partition coefficient (Wildman–Crippen LogP) is -0.271. The highest BCUT2D eigenvalue weighted by molar-refractivity contribution is 7.82. The first-order chi connectivity index (χ1) is 4.48. The van der Waals surface area contributed by atoms with Crippen LogP contribution < -0.4 is 0 Å². The highest BCUT2D eigenvalue weighted by atomic mass is 32.3. The van der Waals surface area contributed by atoms with Crippen LogP contribution in [-0.4, -0.2) is 17.5 Å². The van der Waals surface area contributed by atoms with Gasteiger partial charge in [0.2, 0.25) is 9.04 Å². The van der Waals surface area contributed by atoms with Gasteiger partial charge in [-0.15, -0.1) is 5.26 Å². The number of hydrogen-bond acceptors (Lipinski definition) is 5. The molecule has 0 amide bonds. The molecule has 0 rings (SSSR count). The molecule has 0 aromatic carbocycles. The molecular weight excluding hydrogens is 174 g/mol. The molecule has 0 aliphatic rings. The molecule has 10 heavy (non-hydrogen) atoms. The molecule has 0 radical (unpaired) electrons. The first-order valence-electron chi connectivity index (χ1n) is 2.48. The average molecular weight is 181 g/mol. The summed E-state index contributed by atoms with van der Waals surface area (Å²) >= 11 is 0. The molecule has 0 unspecified atom stereocenters. The minimum absolute atomic E-state index is 1.02. The van der Waals surface area contributed by atoms with Gasteiger partial charge < -0.3 is 0 Å². The molecular formula is C3H7NO4SSi. The van der Waals surface area contributed by atoms with Crippen LogP contribution in [0, 0.1) is 11.5 Å². The van der Waals surface area contributed by atoms with Crippen molar-refractivity contribution >= 4 is 19.4 Å². The third-order valence-corrected chi connectivity index (χ3v) is 3.21. The van der Waals surface area contributed by atoms with Gasteiger partial charge in [0.05, 0.1) is 0 Å². The summed E-state index contributed by atoms with van der Waals surface area (Å²) in [5, 5.41) is 7.80. The van der Waals surface area contributed by atoms with Crippen LogP contribution >= 0.6 is 0 Å². The second kappa shape index (κ2) is 3.55. The van der Waals surface area contributed by atoms with Gasteiger partial charge in [0.1, 0.15) is 0 Å². The number of rotatable bonds is 3. The van der Waals surface area contributed by atoms with Crippen molar-refractivity contribution in [3.8, 4) is 6.26 Å². The molecule has 0 aliphatic heterocycles. The lowest BCUT2D eigenvalue weighted by molar-refractivity contribution is 0.377. The van der Waals surface area contributed by atoms with Gasteiger partial charge in [-0.2, -0.15) is 8.42 Å². The quantitative estimate of drug-likeness (QED) is 0.442. The van der Waals surface area contributed by atoms with Crippen LogP contribution in [0.25, 0.3) is 0 Å². The molecule has 0 saturated heterocycles. The average Bonchev–Trinajstić information content (AvgIpc) is 1.59. The van der Waals surface area contributed by atoms with Crippen molar-refractivity contribution in [3.63, 3.8) is 0 Å². The standard InChI is InChI=1S/C3H7NO4SSi/c1-10(2)8-9(5,6)7-3-4/h10H,1-2H3. The summed E-state index contributed by atoms with van der Waals surface area (Å²) in [4.78, 5) is 0. The Hall–Kier alpha value is -0.583. The Bertz CT molecular complexity index is 227. The maximum atomic E-state index is 10.4. The van der Waals surface area contributed by atoms with E-state index in [9.17, 15) is 8.42 Å². The summed E-state index contributed by atoms with van der Waals surface area (Å²) in [6.45, 7) is 3.30. The van der Waals surface area contributed by atoms with Crippen molar-refractivity contribution in [2.45, 2.75) is 13.1 Å². The summed E-state index contributed by atoms with van der Waals surface area (Å²) in [6, 6.07) is 0. The third kappa shape index (κ3) is 4.31. The zero-order chi connectivity index (χ0) is 8.20. The van der Waals surface area contributed by atoms with Crippen LogP contribution in [0.2, 0.25) is 13.1 Å². The van der Waals surface area contributed by atoms with Crippen molar-refractivity contribution in [1.29, 1.82) is 5.26 Å². The van der Waals surface area contributed by atoms with Crippen molar-refractivity contribution in [1.82, 2.24) is 0 Å². The first-order valence-corrected chi connectivity index (χ1v) is 6.60. The van der Waals surface area contributed by atoms with E-state index in [1.807, 2.05) is 0 Å². The van der Waals surface area contributed by atoms with Gasteiger partial charge in [0, 0.05) is 0 Å². The second-order valence-corrected chi connectivity index (χ2v) is 5.58. The summed E-state index contributed by atoms with van der Waals surface area (Å²) in [6.07, 6.45) is 1.02. The number of nitriles is 1. The summed E-state index contributed by atoms with van der Waals surface area (Å²) in [5.74, 6) is 0. The highest BCUT2D eigenvalue weighted by Gasteiger charge is 2.14. The van der Waals surface area contributed by atoms with Gasteiger partial charge in [-0.25, -0.2) is 0 Å². The Labute approximate surface area is 61.2 Å². The molecule has 0 N–H and O–H groups in total. The maximum absolute atomic E-state index is 10.4. The van der Waals surface area contributed by atoms with Crippen LogP contribution in [0.15, 0.2) is 0 Å². The molecule has 0 saturated carbocycles. The van der Waals surface area contributed by atoms with Gasteiger partial charge in [0.25, 0.3) is 0 Å². The number of nitrogens with zero attached hydrogens (tertiary/aromatic N) is 1. The van der Waals surface area contributed by atoms with E-state index in [1.165, 1.54) is 0 Å². The summed E-state index contributed by atoms with van der Waals surface area (Å²) in [7, 11) is -5.72. The van der Waals surface area contributed by atoms with Gasteiger partial charge in [-0.1, -0.05) is 0 Å². The first kappa shape index (κ1) is 9.42. The Morgan fingerprint density at radius 1 is 1.50 bits per heavy atom. The lowest BCUT2D eigenvalue weighted by atomic mass is 11.6. The molecule has 5 nitrogen and oxygen atoms in total. The van der Waals surface area contributed by atoms with E-state index >= 15 is 0 Å². The van der Waals surface area contributed by atoms with E-state index in [4.69, 9.17) is 5.26 Å². The molecule has 0 bridgehead atoms. The predicted molar refractivity (Wildman–Crippen MR) is 35.6 cm³/mol. The zero-order valence-corrected chi connectivity index (χ0v) is 7.54. The lowest BCUT2D eigenvalue weighted by Crippen LogP contribution is -2.16. The minimum atomic E-state index is -4.03. The van der Waals surface area contributed by atoms with Crippen molar-refractivity contribution < 1.29 is 16.5 Å². The molecule has 0 aromatic rings. The van der Waals surface area contributed by atoms with E-state index in [0.29, 0.717) is 0 Å². The Balaban J connectivity index is 4.05. The van der Waals surface area contributed by atoms with Crippen LogP contribution in [-0.2, 0) is 18.5 Å². The van der Waals surface area contributed by atoms with Crippen LogP contribution in [0.1, 0.15) is 0 Å².